The quantitative estimate of drug-likeness (QED) is 0.719. The molecule has 0 radical (unpaired) electrons. The van der Waals surface area contributed by atoms with E-state index in [1.807, 2.05) is 42.5 Å². The van der Waals surface area contributed by atoms with E-state index < -0.39 is 0 Å². The molecule has 20 heavy (non-hydrogen) atoms. The highest BCUT2D eigenvalue weighted by Crippen LogP contribution is 2.32. The fraction of sp³-hybridized carbons (Fsp3) is 0.118. The Morgan fingerprint density at radius 2 is 1.50 bits per heavy atom. The summed E-state index contributed by atoms with van der Waals surface area (Å²) in [7, 11) is 3.26. The molecular weight excluding hydrogens is 250 g/mol. The van der Waals surface area contributed by atoms with E-state index in [-0.39, 0.29) is 0 Å². The number of methoxy groups -OCH3 is 2. The molecule has 0 saturated carbocycles. The minimum absolute atomic E-state index is 0.692. The summed E-state index contributed by atoms with van der Waals surface area (Å²) in [6, 6.07) is 18.0. The molecule has 3 nitrogen and oxygen atoms in total. The Bertz CT molecular complexity index is 739. The van der Waals surface area contributed by atoms with Gasteiger partial charge in [0.25, 0.3) is 0 Å². The minimum atomic E-state index is 0.692. The summed E-state index contributed by atoms with van der Waals surface area (Å²) in [6.07, 6.45) is 0. The first-order chi connectivity index (χ1) is 9.81. The predicted octanol–water partition coefficient (Wildman–Crippen LogP) is 3.92. The largest absolute Gasteiger partial charge is 0.493 e. The number of hydrogen-bond acceptors (Lipinski definition) is 3. The average molecular weight is 265 g/mol. The third-order valence-corrected chi connectivity index (χ3v) is 3.26. The van der Waals surface area contributed by atoms with Gasteiger partial charge in [0.1, 0.15) is 0 Å². The fourth-order valence-electron chi connectivity index (χ4n) is 2.22. The normalized spacial score (nSPS) is 10.5. The number of nitrogens with zero attached hydrogens (tertiary/aromatic N) is 1. The molecule has 0 aliphatic heterocycles. The third kappa shape index (κ3) is 2.18. The van der Waals surface area contributed by atoms with Gasteiger partial charge in [-0.15, -0.1) is 0 Å². The molecule has 0 amide bonds. The average Bonchev–Trinajstić information content (AvgIpc) is 2.53. The number of benzene rings is 2. The van der Waals surface area contributed by atoms with E-state index >= 15 is 0 Å². The summed E-state index contributed by atoms with van der Waals surface area (Å²) in [4.78, 5) is 4.69. The maximum atomic E-state index is 5.32. The van der Waals surface area contributed by atoms with E-state index in [0.29, 0.717) is 11.5 Å². The van der Waals surface area contributed by atoms with Crippen LogP contribution in [0.2, 0.25) is 0 Å². The van der Waals surface area contributed by atoms with Crippen molar-refractivity contribution in [2.24, 2.45) is 0 Å². The molecule has 1 aromatic heterocycles. The standard InChI is InChI=1S/C17H15NO2/c1-19-16-10-13-8-9-14(12-6-4-3-5-7-12)18-15(13)11-17(16)20-2/h3-11H,1-2H3. The van der Waals surface area contributed by atoms with Crippen LogP contribution >= 0.6 is 0 Å². The first kappa shape index (κ1) is 12.5. The van der Waals surface area contributed by atoms with Crippen molar-refractivity contribution in [3.8, 4) is 22.8 Å². The number of ether oxygens (including phenoxy) is 2. The lowest BCUT2D eigenvalue weighted by atomic mass is 10.1. The lowest BCUT2D eigenvalue weighted by molar-refractivity contribution is 0.356. The monoisotopic (exact) mass is 265 g/mol. The van der Waals surface area contributed by atoms with E-state index in [1.165, 1.54) is 0 Å². The summed E-state index contributed by atoms with van der Waals surface area (Å²) >= 11 is 0. The molecule has 0 bridgehead atoms. The molecule has 0 spiro atoms. The van der Waals surface area contributed by atoms with Gasteiger partial charge in [-0.3, -0.25) is 0 Å². The van der Waals surface area contributed by atoms with Crippen LogP contribution in [0.15, 0.2) is 54.6 Å². The fourth-order valence-corrected chi connectivity index (χ4v) is 2.22. The number of fused-ring (bicyclic) bond motifs is 1. The van der Waals surface area contributed by atoms with Crippen LogP contribution in [-0.4, -0.2) is 19.2 Å². The molecule has 0 atom stereocenters. The molecule has 0 N–H and O–H groups in total. The first-order valence-electron chi connectivity index (χ1n) is 6.40. The SMILES string of the molecule is COc1cc2ccc(-c3ccccc3)nc2cc1OC. The van der Waals surface area contributed by atoms with Crippen LogP contribution in [0.5, 0.6) is 11.5 Å². The van der Waals surface area contributed by atoms with Gasteiger partial charge in [-0.2, -0.15) is 0 Å². The molecular formula is C17H15NO2. The Labute approximate surface area is 117 Å². The molecule has 3 aromatic rings. The van der Waals surface area contributed by atoms with Crippen LogP contribution in [0.3, 0.4) is 0 Å². The zero-order valence-electron chi connectivity index (χ0n) is 11.5. The van der Waals surface area contributed by atoms with Crippen LogP contribution in [0, 0.1) is 0 Å². The summed E-state index contributed by atoms with van der Waals surface area (Å²) in [5, 5.41) is 1.03. The van der Waals surface area contributed by atoms with Gasteiger partial charge < -0.3 is 9.47 Å². The molecule has 0 unspecified atom stereocenters. The van der Waals surface area contributed by atoms with Gasteiger partial charge in [0.05, 0.1) is 25.4 Å². The number of aromatic nitrogens is 1. The van der Waals surface area contributed by atoms with Gasteiger partial charge in [-0.1, -0.05) is 36.4 Å². The van der Waals surface area contributed by atoms with E-state index in [9.17, 15) is 0 Å². The molecule has 0 saturated heterocycles. The van der Waals surface area contributed by atoms with Crippen LogP contribution in [0.1, 0.15) is 0 Å². The Kier molecular flexibility index (Phi) is 3.25. The van der Waals surface area contributed by atoms with Crippen molar-refractivity contribution < 1.29 is 9.47 Å². The van der Waals surface area contributed by atoms with E-state index in [1.54, 1.807) is 14.2 Å². The molecule has 100 valence electrons. The molecule has 0 aliphatic rings. The van der Waals surface area contributed by atoms with Crippen molar-refractivity contribution in [1.29, 1.82) is 0 Å². The maximum Gasteiger partial charge on any atom is 0.162 e. The Morgan fingerprint density at radius 1 is 0.800 bits per heavy atom. The summed E-state index contributed by atoms with van der Waals surface area (Å²) in [6.45, 7) is 0. The van der Waals surface area contributed by atoms with Crippen molar-refractivity contribution >= 4 is 10.9 Å². The van der Waals surface area contributed by atoms with Crippen molar-refractivity contribution in [1.82, 2.24) is 4.98 Å². The van der Waals surface area contributed by atoms with Crippen LogP contribution < -0.4 is 9.47 Å². The van der Waals surface area contributed by atoms with Gasteiger partial charge in [0.2, 0.25) is 0 Å². The summed E-state index contributed by atoms with van der Waals surface area (Å²) in [5.41, 5.74) is 2.94. The Balaban J connectivity index is 2.16. The lowest BCUT2D eigenvalue weighted by Crippen LogP contribution is -1.92. The van der Waals surface area contributed by atoms with Gasteiger partial charge in [-0.05, 0) is 12.1 Å². The summed E-state index contributed by atoms with van der Waals surface area (Å²) in [5.74, 6) is 1.41. The number of rotatable bonds is 3. The highest BCUT2D eigenvalue weighted by Gasteiger charge is 2.08. The van der Waals surface area contributed by atoms with E-state index in [2.05, 4.69) is 12.1 Å². The summed E-state index contributed by atoms with van der Waals surface area (Å²) < 4.78 is 10.6. The molecule has 3 rings (SSSR count). The van der Waals surface area contributed by atoms with Gasteiger partial charge in [-0.25, -0.2) is 4.98 Å². The molecule has 0 aliphatic carbocycles. The molecule has 1 heterocycles. The second-order valence-corrected chi connectivity index (χ2v) is 4.46. The molecule has 2 aromatic carbocycles. The topological polar surface area (TPSA) is 31.4 Å². The van der Waals surface area contributed by atoms with Crippen molar-refractivity contribution in [2.75, 3.05) is 14.2 Å². The van der Waals surface area contributed by atoms with Crippen LogP contribution in [-0.2, 0) is 0 Å². The van der Waals surface area contributed by atoms with Crippen molar-refractivity contribution in [3.63, 3.8) is 0 Å². The zero-order valence-corrected chi connectivity index (χ0v) is 11.5. The number of hydrogen-bond donors (Lipinski definition) is 0. The first-order valence-corrected chi connectivity index (χ1v) is 6.40. The minimum Gasteiger partial charge on any atom is -0.493 e. The Hall–Kier alpha value is -2.55. The van der Waals surface area contributed by atoms with Crippen molar-refractivity contribution in [2.45, 2.75) is 0 Å². The second kappa shape index (κ2) is 5.21. The smallest absolute Gasteiger partial charge is 0.162 e. The van der Waals surface area contributed by atoms with E-state index in [0.717, 1.165) is 22.2 Å². The third-order valence-electron chi connectivity index (χ3n) is 3.26. The maximum absolute atomic E-state index is 5.32. The highest BCUT2D eigenvalue weighted by molar-refractivity contribution is 5.85. The molecule has 3 heteroatoms. The van der Waals surface area contributed by atoms with E-state index in [4.69, 9.17) is 14.5 Å². The lowest BCUT2D eigenvalue weighted by Gasteiger charge is -2.09. The van der Waals surface area contributed by atoms with Crippen LogP contribution in [0.4, 0.5) is 0 Å². The van der Waals surface area contributed by atoms with Crippen molar-refractivity contribution in [3.05, 3.63) is 54.6 Å². The number of pyridine rings is 1. The van der Waals surface area contributed by atoms with Gasteiger partial charge >= 0.3 is 0 Å². The Morgan fingerprint density at radius 3 is 2.20 bits per heavy atom. The molecule has 0 fully saturated rings. The highest BCUT2D eigenvalue weighted by atomic mass is 16.5. The van der Waals surface area contributed by atoms with Gasteiger partial charge in [0, 0.05) is 17.0 Å². The second-order valence-electron chi connectivity index (χ2n) is 4.46. The van der Waals surface area contributed by atoms with Crippen LogP contribution in [0.25, 0.3) is 22.2 Å². The van der Waals surface area contributed by atoms with Gasteiger partial charge in [0.15, 0.2) is 11.5 Å². The predicted molar refractivity (Wildman–Crippen MR) is 80.3 cm³/mol. The zero-order chi connectivity index (χ0) is 13.9.